The number of amides is 1. The summed E-state index contributed by atoms with van der Waals surface area (Å²) in [6.45, 7) is 6.52. The Morgan fingerprint density at radius 1 is 1.19 bits per heavy atom. The molecular formula is C22H28N2O2. The lowest BCUT2D eigenvalue weighted by molar-refractivity contribution is -0.116. The molecule has 3 rings (SSSR count). The van der Waals surface area contributed by atoms with Gasteiger partial charge in [-0.3, -0.25) is 9.69 Å². The van der Waals surface area contributed by atoms with Gasteiger partial charge in [-0.2, -0.15) is 0 Å². The lowest BCUT2D eigenvalue weighted by atomic mass is 9.98. The summed E-state index contributed by atoms with van der Waals surface area (Å²) in [5, 5.41) is 3.05. The first kappa shape index (κ1) is 18.5. The minimum Gasteiger partial charge on any atom is -0.496 e. The first-order chi connectivity index (χ1) is 12.6. The summed E-state index contributed by atoms with van der Waals surface area (Å²) >= 11 is 0. The first-order valence-electron chi connectivity index (χ1n) is 9.34. The van der Waals surface area contributed by atoms with Crippen LogP contribution in [0.25, 0.3) is 0 Å². The van der Waals surface area contributed by atoms with E-state index in [1.54, 1.807) is 7.11 Å². The Morgan fingerprint density at radius 3 is 2.77 bits per heavy atom. The van der Waals surface area contributed by atoms with E-state index >= 15 is 0 Å². The van der Waals surface area contributed by atoms with Crippen molar-refractivity contribution in [3.05, 3.63) is 59.2 Å². The van der Waals surface area contributed by atoms with E-state index in [2.05, 4.69) is 36.2 Å². The number of nitrogens with one attached hydrogen (secondary N) is 1. The molecule has 2 aromatic carbocycles. The Balaban J connectivity index is 1.60. The molecule has 4 heteroatoms. The van der Waals surface area contributed by atoms with Crippen molar-refractivity contribution < 1.29 is 9.53 Å². The van der Waals surface area contributed by atoms with Crippen LogP contribution in [0.4, 0.5) is 5.69 Å². The fourth-order valence-corrected chi connectivity index (χ4v) is 3.48. The predicted octanol–water partition coefficient (Wildman–Crippen LogP) is 4.03. The zero-order valence-corrected chi connectivity index (χ0v) is 15.9. The SMILES string of the molecule is COc1ccccc1CCC(=O)Nc1ccc2c(c1)CN(C(C)C)CC2. The van der Waals surface area contributed by atoms with E-state index in [1.807, 2.05) is 30.3 Å². The van der Waals surface area contributed by atoms with Crippen LogP contribution < -0.4 is 10.1 Å². The van der Waals surface area contributed by atoms with Gasteiger partial charge >= 0.3 is 0 Å². The molecule has 0 aromatic heterocycles. The summed E-state index contributed by atoms with van der Waals surface area (Å²) in [5.74, 6) is 0.871. The molecule has 1 aliphatic rings. The third kappa shape index (κ3) is 4.44. The highest BCUT2D eigenvalue weighted by atomic mass is 16.5. The Morgan fingerprint density at radius 2 is 2.00 bits per heavy atom. The van der Waals surface area contributed by atoms with Gasteiger partial charge in [-0.1, -0.05) is 24.3 Å². The van der Waals surface area contributed by atoms with Crippen molar-refractivity contribution in [1.82, 2.24) is 4.90 Å². The van der Waals surface area contributed by atoms with Crippen LogP contribution in [0.2, 0.25) is 0 Å². The smallest absolute Gasteiger partial charge is 0.224 e. The fourth-order valence-electron chi connectivity index (χ4n) is 3.48. The van der Waals surface area contributed by atoms with Crippen LogP contribution in [-0.2, 0) is 24.2 Å². The normalized spacial score (nSPS) is 14.2. The third-order valence-corrected chi connectivity index (χ3v) is 5.08. The van der Waals surface area contributed by atoms with Crippen LogP contribution in [0.5, 0.6) is 5.75 Å². The number of aryl methyl sites for hydroxylation is 1. The van der Waals surface area contributed by atoms with E-state index in [0.29, 0.717) is 18.9 Å². The number of ether oxygens (including phenoxy) is 1. The quantitative estimate of drug-likeness (QED) is 0.853. The second-order valence-electron chi connectivity index (χ2n) is 7.16. The second-order valence-corrected chi connectivity index (χ2v) is 7.16. The van der Waals surface area contributed by atoms with Crippen molar-refractivity contribution >= 4 is 11.6 Å². The summed E-state index contributed by atoms with van der Waals surface area (Å²) in [6.07, 6.45) is 2.19. The van der Waals surface area contributed by atoms with E-state index in [4.69, 9.17) is 4.74 Å². The van der Waals surface area contributed by atoms with Gasteiger partial charge in [0.1, 0.15) is 5.75 Å². The molecule has 0 bridgehead atoms. The fraction of sp³-hybridized carbons (Fsp3) is 0.409. The first-order valence-corrected chi connectivity index (χ1v) is 9.34. The molecule has 0 atom stereocenters. The second kappa shape index (κ2) is 8.37. The molecule has 0 aliphatic carbocycles. The molecule has 138 valence electrons. The topological polar surface area (TPSA) is 41.6 Å². The minimum atomic E-state index is 0.0346. The Labute approximate surface area is 156 Å². The standard InChI is InChI=1S/C22H28N2O2/c1-16(2)24-13-12-17-8-10-20(14-19(17)15-24)23-22(25)11-9-18-6-4-5-7-21(18)26-3/h4-8,10,14,16H,9,11-13,15H2,1-3H3,(H,23,25). The molecule has 0 saturated carbocycles. The van der Waals surface area contributed by atoms with Crippen LogP contribution in [0.15, 0.2) is 42.5 Å². The van der Waals surface area contributed by atoms with Crippen molar-refractivity contribution in [1.29, 1.82) is 0 Å². The van der Waals surface area contributed by atoms with Crippen LogP contribution in [0.1, 0.15) is 37.0 Å². The van der Waals surface area contributed by atoms with Gasteiger partial charge in [0.25, 0.3) is 0 Å². The number of benzene rings is 2. The number of hydrogen-bond acceptors (Lipinski definition) is 3. The summed E-state index contributed by atoms with van der Waals surface area (Å²) < 4.78 is 5.35. The van der Waals surface area contributed by atoms with Crippen LogP contribution in [0.3, 0.4) is 0 Å². The minimum absolute atomic E-state index is 0.0346. The summed E-state index contributed by atoms with van der Waals surface area (Å²) in [5.41, 5.74) is 4.67. The molecule has 0 spiro atoms. The lowest BCUT2D eigenvalue weighted by Crippen LogP contribution is -2.35. The molecule has 26 heavy (non-hydrogen) atoms. The number of carbonyl (C=O) groups is 1. The largest absolute Gasteiger partial charge is 0.496 e. The molecule has 0 fully saturated rings. The van der Waals surface area contributed by atoms with Crippen molar-refractivity contribution in [3.8, 4) is 5.75 Å². The number of methoxy groups -OCH3 is 1. The van der Waals surface area contributed by atoms with Crippen LogP contribution in [-0.4, -0.2) is 30.5 Å². The molecule has 1 N–H and O–H groups in total. The van der Waals surface area contributed by atoms with Gasteiger partial charge in [0.05, 0.1) is 7.11 Å². The summed E-state index contributed by atoms with van der Waals surface area (Å²) in [4.78, 5) is 14.8. The Hall–Kier alpha value is -2.33. The Kier molecular flexibility index (Phi) is 5.94. The number of carbonyl (C=O) groups excluding carboxylic acids is 1. The van der Waals surface area contributed by atoms with Crippen LogP contribution >= 0.6 is 0 Å². The highest BCUT2D eigenvalue weighted by Gasteiger charge is 2.18. The van der Waals surface area contributed by atoms with E-state index < -0.39 is 0 Å². The van der Waals surface area contributed by atoms with E-state index in [1.165, 1.54) is 11.1 Å². The number of fused-ring (bicyclic) bond motifs is 1. The van der Waals surface area contributed by atoms with Crippen molar-refractivity contribution in [2.75, 3.05) is 19.0 Å². The molecule has 4 nitrogen and oxygen atoms in total. The van der Waals surface area contributed by atoms with Gasteiger partial charge in [0.2, 0.25) is 5.91 Å². The average molecular weight is 352 g/mol. The zero-order chi connectivity index (χ0) is 18.5. The predicted molar refractivity (Wildman–Crippen MR) is 106 cm³/mol. The maximum absolute atomic E-state index is 12.4. The molecule has 2 aromatic rings. The molecule has 1 heterocycles. The monoisotopic (exact) mass is 352 g/mol. The lowest BCUT2D eigenvalue weighted by Gasteiger charge is -2.32. The molecule has 0 saturated heterocycles. The van der Waals surface area contributed by atoms with E-state index in [-0.39, 0.29) is 5.91 Å². The van der Waals surface area contributed by atoms with Gasteiger partial charge in [-0.25, -0.2) is 0 Å². The highest BCUT2D eigenvalue weighted by Crippen LogP contribution is 2.24. The van der Waals surface area contributed by atoms with Gasteiger partial charge in [-0.05, 0) is 61.6 Å². The van der Waals surface area contributed by atoms with Gasteiger partial charge < -0.3 is 10.1 Å². The number of para-hydroxylation sites is 1. The maximum atomic E-state index is 12.4. The van der Waals surface area contributed by atoms with Crippen molar-refractivity contribution in [2.45, 2.75) is 45.7 Å². The van der Waals surface area contributed by atoms with Gasteiger partial charge in [0, 0.05) is 31.2 Å². The van der Waals surface area contributed by atoms with Gasteiger partial charge in [-0.15, -0.1) is 0 Å². The third-order valence-electron chi connectivity index (χ3n) is 5.08. The molecule has 0 unspecified atom stereocenters. The van der Waals surface area contributed by atoms with Gasteiger partial charge in [0.15, 0.2) is 0 Å². The van der Waals surface area contributed by atoms with E-state index in [0.717, 1.165) is 36.5 Å². The van der Waals surface area contributed by atoms with Crippen molar-refractivity contribution in [2.24, 2.45) is 0 Å². The zero-order valence-electron chi connectivity index (χ0n) is 15.9. The average Bonchev–Trinajstić information content (AvgIpc) is 2.66. The summed E-state index contributed by atoms with van der Waals surface area (Å²) in [7, 11) is 1.66. The highest BCUT2D eigenvalue weighted by molar-refractivity contribution is 5.91. The molecule has 1 amide bonds. The number of hydrogen-bond donors (Lipinski definition) is 1. The molecule has 1 aliphatic heterocycles. The van der Waals surface area contributed by atoms with E-state index in [9.17, 15) is 4.79 Å². The van der Waals surface area contributed by atoms with Crippen LogP contribution in [0, 0.1) is 0 Å². The Bertz CT molecular complexity index is 770. The number of anilines is 1. The number of nitrogens with zero attached hydrogens (tertiary/aromatic N) is 1. The molecular weight excluding hydrogens is 324 g/mol. The summed E-state index contributed by atoms with van der Waals surface area (Å²) in [6, 6.07) is 14.7. The van der Waals surface area contributed by atoms with Crippen molar-refractivity contribution in [3.63, 3.8) is 0 Å². The maximum Gasteiger partial charge on any atom is 0.224 e. The molecule has 0 radical (unpaired) electrons. The number of rotatable bonds is 6.